The molecule has 1 atom stereocenters. The van der Waals surface area contributed by atoms with E-state index in [1.54, 1.807) is 7.11 Å². The lowest BCUT2D eigenvalue weighted by molar-refractivity contribution is 0.0884. The van der Waals surface area contributed by atoms with E-state index in [4.69, 9.17) is 10.5 Å². The fraction of sp³-hybridized carbons (Fsp3) is 1.00. The maximum absolute atomic E-state index is 5.57. The summed E-state index contributed by atoms with van der Waals surface area (Å²) in [6.07, 6.45) is 1.25. The summed E-state index contributed by atoms with van der Waals surface area (Å²) in [6, 6.07) is 0. The van der Waals surface area contributed by atoms with Crippen molar-refractivity contribution < 1.29 is 4.74 Å². The van der Waals surface area contributed by atoms with Crippen LogP contribution in [-0.4, -0.2) is 44.3 Å². The highest BCUT2D eigenvalue weighted by atomic mass is 16.5. The molecule has 1 unspecified atom stereocenters. The molecule has 0 bridgehead atoms. The van der Waals surface area contributed by atoms with Gasteiger partial charge < -0.3 is 15.4 Å². The molecule has 0 aromatic rings. The van der Waals surface area contributed by atoms with Gasteiger partial charge in [-0.25, -0.2) is 0 Å². The first kappa shape index (κ1) is 13.9. The third-order valence-corrected chi connectivity index (χ3v) is 2.43. The van der Waals surface area contributed by atoms with E-state index in [0.717, 1.165) is 32.0 Å². The molecule has 0 aliphatic rings. The second kappa shape index (κ2) is 8.21. The Morgan fingerprint density at radius 2 is 2.00 bits per heavy atom. The molecule has 86 valence electrons. The van der Waals surface area contributed by atoms with Crippen LogP contribution in [0.3, 0.4) is 0 Å². The molecule has 0 heterocycles. The van der Waals surface area contributed by atoms with Gasteiger partial charge in [-0.1, -0.05) is 20.8 Å². The molecule has 3 heteroatoms. The number of hydrogen-bond acceptors (Lipinski definition) is 3. The second-order valence-electron chi connectivity index (χ2n) is 4.17. The fourth-order valence-corrected chi connectivity index (χ4v) is 1.55. The lowest BCUT2D eigenvalue weighted by atomic mass is 10.2. The van der Waals surface area contributed by atoms with Gasteiger partial charge in [0.1, 0.15) is 0 Å². The molecular weight excluding hydrogens is 176 g/mol. The van der Waals surface area contributed by atoms with E-state index in [-0.39, 0.29) is 6.10 Å². The van der Waals surface area contributed by atoms with Crippen LogP contribution in [0.5, 0.6) is 0 Å². The molecule has 0 fully saturated rings. The fourth-order valence-electron chi connectivity index (χ4n) is 1.55. The normalized spacial score (nSPS) is 13.9. The first-order chi connectivity index (χ1) is 6.63. The van der Waals surface area contributed by atoms with Crippen molar-refractivity contribution in [3.8, 4) is 0 Å². The van der Waals surface area contributed by atoms with E-state index in [9.17, 15) is 0 Å². The SMILES string of the molecule is CCN(CCC(CN)OC)CC(C)C. The van der Waals surface area contributed by atoms with Crippen molar-refractivity contribution >= 4 is 0 Å². The van der Waals surface area contributed by atoms with Gasteiger partial charge in [-0.3, -0.25) is 0 Å². The first-order valence-electron chi connectivity index (χ1n) is 5.59. The van der Waals surface area contributed by atoms with Crippen LogP contribution in [0.1, 0.15) is 27.2 Å². The van der Waals surface area contributed by atoms with Crippen LogP contribution >= 0.6 is 0 Å². The van der Waals surface area contributed by atoms with E-state index in [2.05, 4.69) is 25.7 Å². The van der Waals surface area contributed by atoms with Crippen molar-refractivity contribution in [3.05, 3.63) is 0 Å². The molecule has 0 saturated carbocycles. The van der Waals surface area contributed by atoms with Crippen LogP contribution in [-0.2, 0) is 4.74 Å². The molecule has 3 nitrogen and oxygen atoms in total. The Balaban J connectivity index is 3.70. The minimum absolute atomic E-state index is 0.219. The van der Waals surface area contributed by atoms with Crippen molar-refractivity contribution in [2.24, 2.45) is 11.7 Å². The Bertz CT molecular complexity index is 124. The first-order valence-corrected chi connectivity index (χ1v) is 5.59. The van der Waals surface area contributed by atoms with Crippen molar-refractivity contribution in [1.82, 2.24) is 4.90 Å². The maximum atomic E-state index is 5.57. The summed E-state index contributed by atoms with van der Waals surface area (Å²) in [6.45, 7) is 10.7. The summed E-state index contributed by atoms with van der Waals surface area (Å²) in [5.74, 6) is 0.730. The van der Waals surface area contributed by atoms with Crippen LogP contribution in [0.2, 0.25) is 0 Å². The Kier molecular flexibility index (Phi) is 8.14. The topological polar surface area (TPSA) is 38.5 Å². The molecular formula is C11H26N2O. The van der Waals surface area contributed by atoms with Crippen molar-refractivity contribution in [2.75, 3.05) is 33.3 Å². The highest BCUT2D eigenvalue weighted by Crippen LogP contribution is 2.02. The number of ether oxygens (including phenoxy) is 1. The third kappa shape index (κ3) is 6.35. The summed E-state index contributed by atoms with van der Waals surface area (Å²) in [7, 11) is 1.73. The zero-order valence-electron chi connectivity index (χ0n) is 10.1. The van der Waals surface area contributed by atoms with Gasteiger partial charge >= 0.3 is 0 Å². The Morgan fingerprint density at radius 3 is 2.36 bits per heavy atom. The smallest absolute Gasteiger partial charge is 0.0705 e. The van der Waals surface area contributed by atoms with Gasteiger partial charge in [0, 0.05) is 26.7 Å². The number of rotatable bonds is 8. The predicted molar refractivity (Wildman–Crippen MR) is 61.4 cm³/mol. The molecule has 0 aromatic carbocycles. The predicted octanol–water partition coefficient (Wildman–Crippen LogP) is 1.33. The van der Waals surface area contributed by atoms with Gasteiger partial charge in [-0.05, 0) is 18.9 Å². The highest BCUT2D eigenvalue weighted by Gasteiger charge is 2.09. The Labute approximate surface area is 88.6 Å². The molecule has 0 radical (unpaired) electrons. The number of nitrogens with zero attached hydrogens (tertiary/aromatic N) is 1. The van der Waals surface area contributed by atoms with Gasteiger partial charge in [-0.15, -0.1) is 0 Å². The lowest BCUT2D eigenvalue weighted by Gasteiger charge is -2.24. The summed E-state index contributed by atoms with van der Waals surface area (Å²) in [5, 5.41) is 0. The second-order valence-corrected chi connectivity index (χ2v) is 4.17. The minimum atomic E-state index is 0.219. The molecule has 14 heavy (non-hydrogen) atoms. The molecule has 0 aliphatic heterocycles. The van der Waals surface area contributed by atoms with Crippen LogP contribution in [0.4, 0.5) is 0 Å². The lowest BCUT2D eigenvalue weighted by Crippen LogP contribution is -2.33. The average molecular weight is 202 g/mol. The number of methoxy groups -OCH3 is 1. The molecule has 0 rings (SSSR count). The van der Waals surface area contributed by atoms with Crippen molar-refractivity contribution in [1.29, 1.82) is 0 Å². The van der Waals surface area contributed by atoms with E-state index < -0.39 is 0 Å². The number of hydrogen-bond donors (Lipinski definition) is 1. The summed E-state index contributed by atoms with van der Waals surface area (Å²) in [4.78, 5) is 2.45. The number of nitrogens with two attached hydrogens (primary N) is 1. The summed E-state index contributed by atoms with van der Waals surface area (Å²) < 4.78 is 5.25. The highest BCUT2D eigenvalue weighted by molar-refractivity contribution is 4.64. The van der Waals surface area contributed by atoms with E-state index >= 15 is 0 Å². The average Bonchev–Trinajstić information content (AvgIpc) is 2.17. The van der Waals surface area contributed by atoms with Crippen LogP contribution in [0, 0.1) is 5.92 Å². The quantitative estimate of drug-likeness (QED) is 0.645. The maximum Gasteiger partial charge on any atom is 0.0705 e. The molecule has 0 aromatic heterocycles. The van der Waals surface area contributed by atoms with Crippen LogP contribution in [0.15, 0.2) is 0 Å². The van der Waals surface area contributed by atoms with E-state index in [0.29, 0.717) is 6.54 Å². The van der Waals surface area contributed by atoms with E-state index in [1.807, 2.05) is 0 Å². The summed E-state index contributed by atoms with van der Waals surface area (Å²) >= 11 is 0. The third-order valence-electron chi connectivity index (χ3n) is 2.43. The molecule has 0 spiro atoms. The molecule has 0 amide bonds. The minimum Gasteiger partial charge on any atom is -0.380 e. The van der Waals surface area contributed by atoms with Crippen molar-refractivity contribution in [2.45, 2.75) is 33.3 Å². The molecule has 0 aliphatic carbocycles. The Hall–Kier alpha value is -0.120. The largest absolute Gasteiger partial charge is 0.380 e. The van der Waals surface area contributed by atoms with Gasteiger partial charge in [0.25, 0.3) is 0 Å². The van der Waals surface area contributed by atoms with E-state index in [1.165, 1.54) is 0 Å². The van der Waals surface area contributed by atoms with Crippen molar-refractivity contribution in [3.63, 3.8) is 0 Å². The standard InChI is InChI=1S/C11H26N2O/c1-5-13(9-10(2)3)7-6-11(8-12)14-4/h10-11H,5-9,12H2,1-4H3. The van der Waals surface area contributed by atoms with Crippen LogP contribution < -0.4 is 5.73 Å². The van der Waals surface area contributed by atoms with Gasteiger partial charge in [0.05, 0.1) is 6.10 Å². The summed E-state index contributed by atoms with van der Waals surface area (Å²) in [5.41, 5.74) is 5.57. The Morgan fingerprint density at radius 1 is 1.36 bits per heavy atom. The zero-order chi connectivity index (χ0) is 11.0. The van der Waals surface area contributed by atoms with Crippen LogP contribution in [0.25, 0.3) is 0 Å². The monoisotopic (exact) mass is 202 g/mol. The van der Waals surface area contributed by atoms with Gasteiger partial charge in [0.15, 0.2) is 0 Å². The zero-order valence-corrected chi connectivity index (χ0v) is 10.1. The van der Waals surface area contributed by atoms with Gasteiger partial charge in [0.2, 0.25) is 0 Å². The molecule has 2 N–H and O–H groups in total. The molecule has 0 saturated heterocycles. The van der Waals surface area contributed by atoms with Gasteiger partial charge in [-0.2, -0.15) is 0 Å².